The molecule has 5 nitrogen and oxygen atoms in total. The first-order valence-electron chi connectivity index (χ1n) is 8.64. The van der Waals surface area contributed by atoms with Crippen LogP contribution in [-0.2, 0) is 23.1 Å². The van der Waals surface area contributed by atoms with Gasteiger partial charge in [-0.15, -0.1) is 0 Å². The van der Waals surface area contributed by atoms with Crippen LogP contribution in [0.3, 0.4) is 0 Å². The second kappa shape index (κ2) is 7.73. The lowest BCUT2D eigenvalue weighted by molar-refractivity contribution is 0.423. The molecule has 0 aliphatic rings. The minimum Gasteiger partial charge on any atom is -0.299 e. The van der Waals surface area contributed by atoms with Crippen molar-refractivity contribution in [3.05, 3.63) is 63.8 Å². The maximum Gasteiger partial charge on any atom is 0.308 e. The first-order valence-corrected chi connectivity index (χ1v) is 10.9. The molecule has 0 aliphatic heterocycles. The van der Waals surface area contributed by atoms with Crippen LogP contribution in [-0.4, -0.2) is 23.8 Å². The molecular formula is C19H22N2O3S2. The zero-order chi connectivity index (χ0) is 18.7. The molecule has 0 atom stereocenters. The molecule has 0 aliphatic carbocycles. The average molecular weight is 391 g/mol. The molecule has 1 aromatic heterocycles. The third-order valence-corrected chi connectivity index (χ3v) is 7.14. The number of aromatic nitrogens is 1. The Morgan fingerprint density at radius 3 is 2.46 bits per heavy atom. The molecular weight excluding hydrogens is 368 g/mol. The smallest absolute Gasteiger partial charge is 0.299 e. The fourth-order valence-electron chi connectivity index (χ4n) is 2.95. The van der Waals surface area contributed by atoms with Gasteiger partial charge in [-0.25, -0.2) is 8.42 Å². The third-order valence-electron chi connectivity index (χ3n) is 4.28. The molecule has 0 amide bonds. The fourth-order valence-corrected chi connectivity index (χ4v) is 5.44. The van der Waals surface area contributed by atoms with Crippen LogP contribution in [0.25, 0.3) is 10.2 Å². The quantitative estimate of drug-likeness (QED) is 0.618. The summed E-state index contributed by atoms with van der Waals surface area (Å²) in [6.07, 6.45) is 0.854. The second-order valence-electron chi connectivity index (χ2n) is 6.07. The maximum absolute atomic E-state index is 13.1. The van der Waals surface area contributed by atoms with Gasteiger partial charge in [0, 0.05) is 19.6 Å². The first kappa shape index (κ1) is 18.8. The number of benzene rings is 2. The van der Waals surface area contributed by atoms with Crippen molar-refractivity contribution < 1.29 is 8.42 Å². The summed E-state index contributed by atoms with van der Waals surface area (Å²) < 4.78 is 30.0. The van der Waals surface area contributed by atoms with E-state index >= 15 is 0 Å². The number of hydrogen-bond acceptors (Lipinski definition) is 4. The van der Waals surface area contributed by atoms with E-state index in [1.807, 2.05) is 44.2 Å². The van der Waals surface area contributed by atoms with E-state index in [0.29, 0.717) is 24.3 Å². The Kier molecular flexibility index (Phi) is 5.60. The average Bonchev–Trinajstić information content (AvgIpc) is 2.95. The minimum absolute atomic E-state index is 0.0481. The van der Waals surface area contributed by atoms with Gasteiger partial charge in [0.15, 0.2) is 0 Å². The Morgan fingerprint density at radius 1 is 1.08 bits per heavy atom. The molecule has 2 aromatic carbocycles. The number of sulfonamides is 1. The zero-order valence-electron chi connectivity index (χ0n) is 14.9. The molecule has 3 rings (SSSR count). The first-order chi connectivity index (χ1) is 12.5. The second-order valence-corrected chi connectivity index (χ2v) is 9.00. The van der Waals surface area contributed by atoms with Crippen molar-refractivity contribution in [1.29, 1.82) is 0 Å². The third kappa shape index (κ3) is 3.60. The van der Waals surface area contributed by atoms with Gasteiger partial charge in [-0.2, -0.15) is 4.31 Å². The highest BCUT2D eigenvalue weighted by molar-refractivity contribution is 7.89. The Hall–Kier alpha value is -1.96. The van der Waals surface area contributed by atoms with Crippen molar-refractivity contribution in [2.75, 3.05) is 6.54 Å². The number of fused-ring (bicyclic) bond motifs is 1. The fraction of sp³-hybridized carbons (Fsp3) is 0.316. The molecule has 0 unspecified atom stereocenters. The number of hydrogen-bond donors (Lipinski definition) is 0. The summed E-state index contributed by atoms with van der Waals surface area (Å²) >= 11 is 1.10. The van der Waals surface area contributed by atoms with Crippen LogP contribution in [0.2, 0.25) is 0 Å². The molecule has 0 N–H and O–H groups in total. The van der Waals surface area contributed by atoms with Crippen molar-refractivity contribution >= 4 is 31.6 Å². The van der Waals surface area contributed by atoms with Gasteiger partial charge in [0.2, 0.25) is 10.0 Å². The Balaban J connectivity index is 1.99. The van der Waals surface area contributed by atoms with E-state index in [9.17, 15) is 13.2 Å². The number of nitrogens with zero attached hydrogens (tertiary/aromatic N) is 2. The van der Waals surface area contributed by atoms with Crippen LogP contribution >= 0.6 is 11.3 Å². The Bertz CT molecular complexity index is 1050. The lowest BCUT2D eigenvalue weighted by atomic mass is 10.2. The molecule has 26 heavy (non-hydrogen) atoms. The van der Waals surface area contributed by atoms with Crippen LogP contribution in [0.5, 0.6) is 0 Å². The van der Waals surface area contributed by atoms with Gasteiger partial charge in [0.1, 0.15) is 0 Å². The molecule has 138 valence electrons. The molecule has 0 spiro atoms. The SMILES string of the molecule is CCCn1c(=O)sc2cc(S(=O)(=O)N(CC)Cc3ccccc3)ccc21. The highest BCUT2D eigenvalue weighted by Crippen LogP contribution is 2.25. The molecule has 0 radical (unpaired) electrons. The monoisotopic (exact) mass is 390 g/mol. The van der Waals surface area contributed by atoms with Crippen molar-refractivity contribution in [3.63, 3.8) is 0 Å². The van der Waals surface area contributed by atoms with E-state index in [1.165, 1.54) is 4.31 Å². The lowest BCUT2D eigenvalue weighted by Gasteiger charge is -2.20. The molecule has 0 saturated carbocycles. The molecule has 0 fully saturated rings. The van der Waals surface area contributed by atoms with Gasteiger partial charge in [-0.1, -0.05) is 55.5 Å². The summed E-state index contributed by atoms with van der Waals surface area (Å²) in [5, 5.41) is 0. The van der Waals surface area contributed by atoms with Crippen LogP contribution in [0, 0.1) is 0 Å². The van der Waals surface area contributed by atoms with Crippen molar-refractivity contribution in [2.24, 2.45) is 0 Å². The van der Waals surface area contributed by atoms with Crippen LogP contribution in [0.4, 0.5) is 0 Å². The van der Waals surface area contributed by atoms with Crippen molar-refractivity contribution in [1.82, 2.24) is 8.87 Å². The highest BCUT2D eigenvalue weighted by Gasteiger charge is 2.24. The molecule has 1 heterocycles. The summed E-state index contributed by atoms with van der Waals surface area (Å²) in [5.74, 6) is 0. The van der Waals surface area contributed by atoms with E-state index in [0.717, 1.165) is 28.8 Å². The minimum atomic E-state index is -3.63. The summed E-state index contributed by atoms with van der Waals surface area (Å²) in [5.41, 5.74) is 1.74. The van der Waals surface area contributed by atoms with Crippen molar-refractivity contribution in [3.8, 4) is 0 Å². The maximum atomic E-state index is 13.1. The number of thiazole rings is 1. The number of aryl methyl sites for hydroxylation is 1. The Labute approximate surface area is 157 Å². The van der Waals surface area contributed by atoms with Crippen LogP contribution in [0.15, 0.2) is 58.2 Å². The molecule has 0 bridgehead atoms. The highest BCUT2D eigenvalue weighted by atomic mass is 32.2. The molecule has 7 heteroatoms. The van der Waals surface area contributed by atoms with Gasteiger partial charge >= 0.3 is 4.87 Å². The van der Waals surface area contributed by atoms with E-state index in [-0.39, 0.29) is 9.77 Å². The summed E-state index contributed by atoms with van der Waals surface area (Å²) in [4.78, 5) is 12.3. The standard InChI is InChI=1S/C19H22N2O3S2/c1-3-12-21-17-11-10-16(13-18(17)25-19(21)22)26(23,24)20(4-2)14-15-8-6-5-7-9-15/h5-11,13H,3-4,12,14H2,1-2H3. The predicted octanol–water partition coefficient (Wildman–Crippen LogP) is 3.68. The molecule has 3 aromatic rings. The summed E-state index contributed by atoms with van der Waals surface area (Å²) in [6, 6.07) is 14.5. The van der Waals surface area contributed by atoms with Crippen molar-refractivity contribution in [2.45, 2.75) is 38.3 Å². The Morgan fingerprint density at radius 2 is 1.81 bits per heavy atom. The van der Waals surface area contributed by atoms with Gasteiger partial charge in [0.05, 0.1) is 15.1 Å². The van der Waals surface area contributed by atoms with E-state index < -0.39 is 10.0 Å². The van der Waals surface area contributed by atoms with E-state index in [2.05, 4.69) is 0 Å². The number of rotatable bonds is 7. The van der Waals surface area contributed by atoms with E-state index in [1.54, 1.807) is 22.8 Å². The van der Waals surface area contributed by atoms with Gasteiger partial charge in [-0.05, 0) is 30.2 Å². The van der Waals surface area contributed by atoms with E-state index in [4.69, 9.17) is 0 Å². The van der Waals surface area contributed by atoms with Crippen LogP contribution in [0.1, 0.15) is 25.8 Å². The topological polar surface area (TPSA) is 59.4 Å². The molecule has 0 saturated heterocycles. The van der Waals surface area contributed by atoms with Crippen LogP contribution < -0.4 is 4.87 Å². The zero-order valence-corrected chi connectivity index (χ0v) is 16.5. The summed E-state index contributed by atoms with van der Waals surface area (Å²) in [6.45, 7) is 5.18. The van der Waals surface area contributed by atoms with Gasteiger partial charge in [0.25, 0.3) is 0 Å². The largest absolute Gasteiger partial charge is 0.308 e. The normalized spacial score (nSPS) is 12.1. The predicted molar refractivity (Wildman–Crippen MR) is 106 cm³/mol. The lowest BCUT2D eigenvalue weighted by Crippen LogP contribution is -2.30. The van der Waals surface area contributed by atoms with Gasteiger partial charge < -0.3 is 0 Å². The summed E-state index contributed by atoms with van der Waals surface area (Å²) in [7, 11) is -3.63. The van der Waals surface area contributed by atoms with Gasteiger partial charge in [-0.3, -0.25) is 9.36 Å².